The minimum absolute atomic E-state index is 0.224. The quantitative estimate of drug-likeness (QED) is 0.752. The van der Waals surface area contributed by atoms with Crippen LogP contribution in [-0.4, -0.2) is 19.7 Å². The van der Waals surface area contributed by atoms with Crippen molar-refractivity contribution in [3.63, 3.8) is 0 Å². The lowest BCUT2D eigenvalue weighted by Crippen LogP contribution is -2.09. The highest BCUT2D eigenvalue weighted by Crippen LogP contribution is 2.28. The molecule has 0 aliphatic carbocycles. The minimum atomic E-state index is -4.48. The van der Waals surface area contributed by atoms with E-state index in [1.165, 1.54) is 0 Å². The Bertz CT molecular complexity index is 529. The molecule has 0 radical (unpaired) electrons. The Balaban J connectivity index is 2.64. The zero-order chi connectivity index (χ0) is 11.9. The SMILES string of the molecule is CCc1nc2cc(C(F)(F)F)nnc2n1C. The largest absolute Gasteiger partial charge is 0.435 e. The second kappa shape index (κ2) is 3.43. The number of aryl methyl sites for hydroxylation is 2. The van der Waals surface area contributed by atoms with Crippen LogP contribution in [0.5, 0.6) is 0 Å². The van der Waals surface area contributed by atoms with E-state index in [4.69, 9.17) is 0 Å². The fourth-order valence-electron chi connectivity index (χ4n) is 1.49. The standard InChI is InChI=1S/C9H9F3N4/c1-3-7-13-5-4-6(9(10,11)12)14-15-8(5)16(7)2/h4H,3H2,1-2H3. The zero-order valence-electron chi connectivity index (χ0n) is 8.71. The molecule has 2 aromatic heterocycles. The van der Waals surface area contributed by atoms with Gasteiger partial charge in [0, 0.05) is 19.5 Å². The highest BCUT2D eigenvalue weighted by Gasteiger charge is 2.33. The van der Waals surface area contributed by atoms with Crippen LogP contribution in [0.3, 0.4) is 0 Å². The van der Waals surface area contributed by atoms with Gasteiger partial charge in [-0.15, -0.1) is 10.2 Å². The molecule has 2 aromatic rings. The molecule has 4 nitrogen and oxygen atoms in total. The van der Waals surface area contributed by atoms with Gasteiger partial charge in [0.2, 0.25) is 0 Å². The van der Waals surface area contributed by atoms with E-state index in [0.717, 1.165) is 6.07 Å². The molecule has 0 fully saturated rings. The fourth-order valence-corrected chi connectivity index (χ4v) is 1.49. The van der Waals surface area contributed by atoms with Crippen molar-refractivity contribution in [1.82, 2.24) is 19.7 Å². The lowest BCUT2D eigenvalue weighted by Gasteiger charge is -2.03. The van der Waals surface area contributed by atoms with Gasteiger partial charge < -0.3 is 4.57 Å². The maximum atomic E-state index is 12.4. The predicted molar refractivity (Wildman–Crippen MR) is 50.7 cm³/mol. The highest BCUT2D eigenvalue weighted by molar-refractivity contribution is 5.71. The second-order valence-electron chi connectivity index (χ2n) is 3.38. The topological polar surface area (TPSA) is 43.6 Å². The summed E-state index contributed by atoms with van der Waals surface area (Å²) in [6.45, 7) is 1.87. The van der Waals surface area contributed by atoms with Crippen LogP contribution >= 0.6 is 0 Å². The van der Waals surface area contributed by atoms with E-state index in [0.29, 0.717) is 17.9 Å². The van der Waals surface area contributed by atoms with Crippen molar-refractivity contribution in [3.8, 4) is 0 Å². The normalized spacial score (nSPS) is 12.3. The number of nitrogens with zero attached hydrogens (tertiary/aromatic N) is 4. The Morgan fingerprint density at radius 3 is 2.56 bits per heavy atom. The Kier molecular flexibility index (Phi) is 2.32. The number of fused-ring (bicyclic) bond motifs is 1. The summed E-state index contributed by atoms with van der Waals surface area (Å²) in [5.74, 6) is 0.684. The van der Waals surface area contributed by atoms with Crippen molar-refractivity contribution in [2.24, 2.45) is 7.05 Å². The summed E-state index contributed by atoms with van der Waals surface area (Å²) in [6, 6.07) is 0.918. The van der Waals surface area contributed by atoms with Crippen molar-refractivity contribution in [1.29, 1.82) is 0 Å². The maximum absolute atomic E-state index is 12.4. The van der Waals surface area contributed by atoms with E-state index < -0.39 is 11.9 Å². The first-order chi connectivity index (χ1) is 7.43. The lowest BCUT2D eigenvalue weighted by atomic mass is 10.3. The molecule has 86 valence electrons. The van der Waals surface area contributed by atoms with Crippen LogP contribution in [0.25, 0.3) is 11.2 Å². The molecule has 0 amide bonds. The predicted octanol–water partition coefficient (Wildman–Crippen LogP) is 1.94. The molecule has 0 spiro atoms. The van der Waals surface area contributed by atoms with Gasteiger partial charge in [-0.3, -0.25) is 0 Å². The van der Waals surface area contributed by atoms with Crippen molar-refractivity contribution in [3.05, 3.63) is 17.6 Å². The molecule has 0 aliphatic heterocycles. The summed E-state index contributed by atoms with van der Waals surface area (Å²) in [5.41, 5.74) is -0.424. The maximum Gasteiger partial charge on any atom is 0.435 e. The summed E-state index contributed by atoms with van der Waals surface area (Å²) in [6.07, 6.45) is -3.85. The Labute approximate surface area is 89.1 Å². The van der Waals surface area contributed by atoms with Crippen LogP contribution < -0.4 is 0 Å². The Morgan fingerprint density at radius 1 is 1.31 bits per heavy atom. The van der Waals surface area contributed by atoms with Gasteiger partial charge in [0.15, 0.2) is 11.3 Å². The van der Waals surface area contributed by atoms with Gasteiger partial charge in [-0.1, -0.05) is 6.92 Å². The van der Waals surface area contributed by atoms with Crippen molar-refractivity contribution >= 4 is 11.2 Å². The van der Waals surface area contributed by atoms with Crippen LogP contribution in [0.1, 0.15) is 18.4 Å². The summed E-state index contributed by atoms with van der Waals surface area (Å²) in [4.78, 5) is 4.07. The first-order valence-electron chi connectivity index (χ1n) is 4.69. The molecule has 0 N–H and O–H groups in total. The molecule has 0 saturated heterocycles. The van der Waals surface area contributed by atoms with Gasteiger partial charge in [0.25, 0.3) is 0 Å². The van der Waals surface area contributed by atoms with Gasteiger partial charge in [-0.2, -0.15) is 13.2 Å². The molecule has 0 aromatic carbocycles. The number of hydrogen-bond acceptors (Lipinski definition) is 3. The number of alkyl halides is 3. The number of rotatable bonds is 1. The monoisotopic (exact) mass is 230 g/mol. The van der Waals surface area contributed by atoms with E-state index in [9.17, 15) is 13.2 Å². The van der Waals surface area contributed by atoms with E-state index in [1.807, 2.05) is 6.92 Å². The van der Waals surface area contributed by atoms with Crippen molar-refractivity contribution in [2.45, 2.75) is 19.5 Å². The zero-order valence-corrected chi connectivity index (χ0v) is 8.71. The lowest BCUT2D eigenvalue weighted by molar-refractivity contribution is -0.141. The first kappa shape index (κ1) is 10.8. The van der Waals surface area contributed by atoms with Gasteiger partial charge >= 0.3 is 6.18 Å². The second-order valence-corrected chi connectivity index (χ2v) is 3.38. The van der Waals surface area contributed by atoms with Gasteiger partial charge in [0.05, 0.1) is 0 Å². The summed E-state index contributed by atoms with van der Waals surface area (Å²) < 4.78 is 38.7. The number of hydrogen-bond donors (Lipinski definition) is 0. The molecule has 0 aliphatic rings. The highest BCUT2D eigenvalue weighted by atomic mass is 19.4. The molecule has 7 heteroatoms. The van der Waals surface area contributed by atoms with Crippen LogP contribution in [-0.2, 0) is 19.6 Å². The molecule has 0 saturated carbocycles. The van der Waals surface area contributed by atoms with E-state index in [2.05, 4.69) is 15.2 Å². The third kappa shape index (κ3) is 1.62. The Morgan fingerprint density at radius 2 is 2.00 bits per heavy atom. The number of halogens is 3. The van der Waals surface area contributed by atoms with Crippen molar-refractivity contribution < 1.29 is 13.2 Å². The fraction of sp³-hybridized carbons (Fsp3) is 0.444. The van der Waals surface area contributed by atoms with Crippen LogP contribution in [0, 0.1) is 0 Å². The third-order valence-electron chi connectivity index (χ3n) is 2.32. The van der Waals surface area contributed by atoms with Crippen LogP contribution in [0.15, 0.2) is 6.07 Å². The van der Waals surface area contributed by atoms with E-state index in [1.54, 1.807) is 11.6 Å². The van der Waals surface area contributed by atoms with Gasteiger partial charge in [-0.25, -0.2) is 4.98 Å². The van der Waals surface area contributed by atoms with E-state index >= 15 is 0 Å². The van der Waals surface area contributed by atoms with E-state index in [-0.39, 0.29) is 5.52 Å². The molecule has 0 bridgehead atoms. The first-order valence-corrected chi connectivity index (χ1v) is 4.69. The number of imidazole rings is 1. The molecular weight excluding hydrogens is 221 g/mol. The third-order valence-corrected chi connectivity index (χ3v) is 2.32. The van der Waals surface area contributed by atoms with Gasteiger partial charge in [-0.05, 0) is 0 Å². The Hall–Kier alpha value is -1.66. The summed E-state index contributed by atoms with van der Waals surface area (Å²) in [7, 11) is 1.70. The van der Waals surface area contributed by atoms with Crippen LogP contribution in [0.2, 0.25) is 0 Å². The summed E-state index contributed by atoms with van der Waals surface area (Å²) >= 11 is 0. The average Bonchev–Trinajstić information content (AvgIpc) is 2.54. The number of aromatic nitrogens is 4. The molecule has 2 heterocycles. The van der Waals surface area contributed by atoms with Crippen LogP contribution in [0.4, 0.5) is 13.2 Å². The average molecular weight is 230 g/mol. The summed E-state index contributed by atoms with van der Waals surface area (Å²) in [5, 5.41) is 6.70. The molecular formula is C9H9F3N4. The molecule has 2 rings (SSSR count). The minimum Gasteiger partial charge on any atom is -0.314 e. The van der Waals surface area contributed by atoms with Gasteiger partial charge in [0.1, 0.15) is 11.3 Å². The molecule has 16 heavy (non-hydrogen) atoms. The smallest absolute Gasteiger partial charge is 0.314 e. The van der Waals surface area contributed by atoms with Crippen molar-refractivity contribution in [2.75, 3.05) is 0 Å². The molecule has 0 unspecified atom stereocenters. The molecule has 0 atom stereocenters.